The van der Waals surface area contributed by atoms with Crippen molar-refractivity contribution in [1.82, 2.24) is 0 Å². The van der Waals surface area contributed by atoms with E-state index in [0.29, 0.717) is 5.25 Å². The summed E-state index contributed by atoms with van der Waals surface area (Å²) in [5.41, 5.74) is 1.28. The molecule has 15 heavy (non-hydrogen) atoms. The number of thioether (sulfide) groups is 1. The Morgan fingerprint density at radius 1 is 1.53 bits per heavy atom. The van der Waals surface area contributed by atoms with E-state index < -0.39 is 0 Å². The lowest BCUT2D eigenvalue weighted by atomic mass is 10.2. The van der Waals surface area contributed by atoms with Gasteiger partial charge in [0, 0.05) is 10.2 Å². The van der Waals surface area contributed by atoms with Crippen molar-refractivity contribution in [2.45, 2.75) is 11.0 Å². The molecule has 0 radical (unpaired) electrons. The summed E-state index contributed by atoms with van der Waals surface area (Å²) < 4.78 is 11.5. The van der Waals surface area contributed by atoms with Gasteiger partial charge in [0.05, 0.1) is 25.6 Å². The van der Waals surface area contributed by atoms with E-state index in [1.807, 2.05) is 23.9 Å². The second kappa shape index (κ2) is 5.23. The molecule has 0 amide bonds. The molecule has 1 saturated heterocycles. The molecule has 2 nitrogen and oxygen atoms in total. The minimum absolute atomic E-state index is 0.670. The van der Waals surface area contributed by atoms with Gasteiger partial charge in [-0.05, 0) is 23.8 Å². The fourth-order valence-corrected chi connectivity index (χ4v) is 2.92. The van der Waals surface area contributed by atoms with Crippen LogP contribution in [0.3, 0.4) is 0 Å². The van der Waals surface area contributed by atoms with Crippen molar-refractivity contribution in [2.75, 3.05) is 20.3 Å². The fourth-order valence-electron chi connectivity index (χ4n) is 1.31. The highest BCUT2D eigenvalue weighted by atomic mass is 79.9. The van der Waals surface area contributed by atoms with Gasteiger partial charge in [0.25, 0.3) is 0 Å². The number of methoxy groups -OCH3 is 1. The molecule has 2 rings (SSSR count). The normalized spacial score (nSPS) is 16.1. The summed E-state index contributed by atoms with van der Waals surface area (Å²) in [6.45, 7) is 1.79. The largest absolute Gasteiger partial charge is 0.497 e. The van der Waals surface area contributed by atoms with Gasteiger partial charge < -0.3 is 9.47 Å². The Morgan fingerprint density at radius 3 is 2.93 bits per heavy atom. The van der Waals surface area contributed by atoms with Crippen molar-refractivity contribution >= 4 is 27.7 Å². The standard InChI is InChI=1S/C11H13BrO2S/c1-13-9-2-3-11(12)8(4-9)7-15-10-5-14-6-10/h2-4,10H,5-7H2,1H3. The van der Waals surface area contributed by atoms with Gasteiger partial charge in [-0.15, -0.1) is 11.8 Å². The quantitative estimate of drug-likeness (QED) is 0.848. The third-order valence-electron chi connectivity index (χ3n) is 2.33. The molecule has 0 aliphatic carbocycles. The maximum atomic E-state index is 5.20. The molecule has 0 bridgehead atoms. The molecule has 0 saturated carbocycles. The molecule has 0 atom stereocenters. The summed E-state index contributed by atoms with van der Waals surface area (Å²) in [7, 11) is 1.69. The van der Waals surface area contributed by atoms with E-state index >= 15 is 0 Å². The van der Waals surface area contributed by atoms with E-state index in [0.717, 1.165) is 29.2 Å². The summed E-state index contributed by atoms with van der Waals surface area (Å²) in [5.74, 6) is 1.92. The number of rotatable bonds is 4. The molecule has 0 spiro atoms. The topological polar surface area (TPSA) is 18.5 Å². The van der Waals surface area contributed by atoms with Gasteiger partial charge in [0.2, 0.25) is 0 Å². The van der Waals surface area contributed by atoms with Crippen LogP contribution in [0.15, 0.2) is 22.7 Å². The van der Waals surface area contributed by atoms with Gasteiger partial charge in [-0.3, -0.25) is 0 Å². The smallest absolute Gasteiger partial charge is 0.119 e. The minimum Gasteiger partial charge on any atom is -0.497 e. The molecular weight excluding hydrogens is 276 g/mol. The minimum atomic E-state index is 0.670. The highest BCUT2D eigenvalue weighted by molar-refractivity contribution is 9.10. The number of hydrogen-bond acceptors (Lipinski definition) is 3. The van der Waals surface area contributed by atoms with Crippen LogP contribution in [0.1, 0.15) is 5.56 Å². The van der Waals surface area contributed by atoms with Crippen LogP contribution in [0, 0.1) is 0 Å². The summed E-state index contributed by atoms with van der Waals surface area (Å²) in [4.78, 5) is 0. The van der Waals surface area contributed by atoms with Crippen LogP contribution in [0.4, 0.5) is 0 Å². The Bertz CT molecular complexity index is 339. The van der Waals surface area contributed by atoms with E-state index in [1.165, 1.54) is 5.56 Å². The molecule has 1 aliphatic heterocycles. The Labute approximate surface area is 102 Å². The van der Waals surface area contributed by atoms with Gasteiger partial charge in [0.15, 0.2) is 0 Å². The van der Waals surface area contributed by atoms with Crippen molar-refractivity contribution in [3.8, 4) is 5.75 Å². The van der Waals surface area contributed by atoms with Crippen LogP contribution in [0.25, 0.3) is 0 Å². The van der Waals surface area contributed by atoms with Gasteiger partial charge in [0.1, 0.15) is 5.75 Å². The zero-order chi connectivity index (χ0) is 10.7. The lowest BCUT2D eigenvalue weighted by Crippen LogP contribution is -2.30. The van der Waals surface area contributed by atoms with E-state index in [1.54, 1.807) is 7.11 Å². The number of hydrogen-bond donors (Lipinski definition) is 0. The second-order valence-electron chi connectivity index (χ2n) is 3.43. The molecule has 1 aromatic rings. The molecular formula is C11H13BrO2S. The Kier molecular flexibility index (Phi) is 3.94. The molecule has 1 aliphatic rings. The molecule has 1 heterocycles. The molecule has 82 valence electrons. The zero-order valence-corrected chi connectivity index (χ0v) is 10.9. The first-order valence-corrected chi connectivity index (χ1v) is 6.65. The van der Waals surface area contributed by atoms with Crippen LogP contribution in [-0.4, -0.2) is 25.6 Å². The van der Waals surface area contributed by atoms with Crippen molar-refractivity contribution in [1.29, 1.82) is 0 Å². The van der Waals surface area contributed by atoms with E-state index in [-0.39, 0.29) is 0 Å². The number of halogens is 1. The SMILES string of the molecule is COc1ccc(Br)c(CSC2COC2)c1. The first-order chi connectivity index (χ1) is 7.29. The maximum Gasteiger partial charge on any atom is 0.119 e. The van der Waals surface area contributed by atoms with E-state index in [2.05, 4.69) is 22.0 Å². The average Bonchev–Trinajstić information content (AvgIpc) is 2.18. The molecule has 0 unspecified atom stereocenters. The molecule has 1 aromatic carbocycles. The van der Waals surface area contributed by atoms with E-state index in [4.69, 9.17) is 9.47 Å². The fraction of sp³-hybridized carbons (Fsp3) is 0.455. The Morgan fingerprint density at radius 2 is 2.33 bits per heavy atom. The average molecular weight is 289 g/mol. The zero-order valence-electron chi connectivity index (χ0n) is 8.53. The third-order valence-corrected chi connectivity index (χ3v) is 4.33. The number of benzene rings is 1. The summed E-state index contributed by atoms with van der Waals surface area (Å²) in [5, 5.41) is 0.670. The summed E-state index contributed by atoms with van der Waals surface area (Å²) in [6.07, 6.45) is 0. The lowest BCUT2D eigenvalue weighted by Gasteiger charge is -2.25. The van der Waals surface area contributed by atoms with E-state index in [9.17, 15) is 0 Å². The highest BCUT2D eigenvalue weighted by Gasteiger charge is 2.18. The first kappa shape index (κ1) is 11.3. The maximum absolute atomic E-state index is 5.20. The second-order valence-corrected chi connectivity index (χ2v) is 5.57. The van der Waals surface area contributed by atoms with Crippen molar-refractivity contribution in [2.24, 2.45) is 0 Å². The predicted octanol–water partition coefficient (Wildman–Crippen LogP) is 3.09. The van der Waals surface area contributed by atoms with Crippen LogP contribution >= 0.6 is 27.7 Å². The van der Waals surface area contributed by atoms with Crippen LogP contribution in [-0.2, 0) is 10.5 Å². The summed E-state index contributed by atoms with van der Waals surface area (Å²) >= 11 is 5.49. The van der Waals surface area contributed by atoms with Gasteiger partial charge in [-0.2, -0.15) is 0 Å². The molecule has 4 heteroatoms. The summed E-state index contributed by atoms with van der Waals surface area (Å²) in [6, 6.07) is 6.08. The van der Waals surface area contributed by atoms with Gasteiger partial charge >= 0.3 is 0 Å². The lowest BCUT2D eigenvalue weighted by molar-refractivity contribution is 0.0455. The van der Waals surface area contributed by atoms with Gasteiger partial charge in [-0.25, -0.2) is 0 Å². The third kappa shape index (κ3) is 2.89. The molecule has 0 N–H and O–H groups in total. The van der Waals surface area contributed by atoms with Crippen molar-refractivity contribution in [3.63, 3.8) is 0 Å². The van der Waals surface area contributed by atoms with Crippen molar-refractivity contribution in [3.05, 3.63) is 28.2 Å². The van der Waals surface area contributed by atoms with Crippen molar-refractivity contribution < 1.29 is 9.47 Å². The highest BCUT2D eigenvalue weighted by Crippen LogP contribution is 2.29. The van der Waals surface area contributed by atoms with Crippen LogP contribution in [0.5, 0.6) is 5.75 Å². The van der Waals surface area contributed by atoms with Crippen LogP contribution < -0.4 is 4.74 Å². The Hall–Kier alpha value is -0.190. The Balaban J connectivity index is 1.98. The monoisotopic (exact) mass is 288 g/mol. The van der Waals surface area contributed by atoms with Gasteiger partial charge in [-0.1, -0.05) is 15.9 Å². The predicted molar refractivity (Wildman–Crippen MR) is 66.6 cm³/mol. The first-order valence-electron chi connectivity index (χ1n) is 4.81. The molecule has 0 aromatic heterocycles. The molecule has 1 fully saturated rings. The van der Waals surface area contributed by atoms with Crippen LogP contribution in [0.2, 0.25) is 0 Å². The number of ether oxygens (including phenoxy) is 2.